The van der Waals surface area contributed by atoms with Gasteiger partial charge in [-0.2, -0.15) is 0 Å². The van der Waals surface area contributed by atoms with Crippen LogP contribution in [-0.2, 0) is 23.9 Å². The molecule has 0 bridgehead atoms. The molecule has 1 atom stereocenters. The minimum absolute atomic E-state index is 0.0130. The minimum atomic E-state index is -1.21. The topological polar surface area (TPSA) is 102 Å². The zero-order valence-electron chi connectivity index (χ0n) is 9.96. The van der Waals surface area contributed by atoms with E-state index in [9.17, 15) is 19.5 Å². The lowest BCUT2D eigenvalue weighted by Gasteiger charge is -2.14. The molecule has 1 N–H and O–H groups in total. The lowest BCUT2D eigenvalue weighted by atomic mass is 10.4. The zero-order valence-corrected chi connectivity index (χ0v) is 9.96. The molecule has 18 heavy (non-hydrogen) atoms. The van der Waals surface area contributed by atoms with Gasteiger partial charge < -0.3 is 14.6 Å². The Kier molecular flexibility index (Phi) is 5.53. The summed E-state index contributed by atoms with van der Waals surface area (Å²) in [5.74, 6) is -1.18. The third-order valence-corrected chi connectivity index (χ3v) is 2.08. The fourth-order valence-corrected chi connectivity index (χ4v) is 1.22. The molecule has 0 aromatic carbocycles. The van der Waals surface area contributed by atoms with E-state index in [-0.39, 0.29) is 26.1 Å². The van der Waals surface area contributed by atoms with Crippen LogP contribution in [0, 0.1) is 0 Å². The number of carbonyl (C=O) groups is 3. The zero-order chi connectivity index (χ0) is 13.5. The smallest absolute Gasteiger partial charge is 0.430 e. The molecule has 8 heteroatoms. The van der Waals surface area contributed by atoms with Gasteiger partial charge >= 0.3 is 6.16 Å². The quantitative estimate of drug-likeness (QED) is 0.512. The van der Waals surface area contributed by atoms with Gasteiger partial charge in [-0.05, 0) is 6.92 Å². The molecule has 1 rings (SSSR count). The molecular formula is C10H15NO7. The van der Waals surface area contributed by atoms with E-state index in [1.165, 1.54) is 0 Å². The average molecular weight is 261 g/mol. The van der Waals surface area contributed by atoms with Crippen LogP contribution in [0.4, 0.5) is 4.79 Å². The van der Waals surface area contributed by atoms with Crippen LogP contribution in [-0.4, -0.2) is 54.1 Å². The number of aliphatic hydroxyl groups is 1. The van der Waals surface area contributed by atoms with E-state index in [0.29, 0.717) is 11.7 Å². The summed E-state index contributed by atoms with van der Waals surface area (Å²) in [5, 5.41) is 9.66. The molecule has 8 nitrogen and oxygen atoms in total. The highest BCUT2D eigenvalue weighted by molar-refractivity contribution is 6.01. The summed E-state index contributed by atoms with van der Waals surface area (Å²) in [6, 6.07) is 0. The van der Waals surface area contributed by atoms with Crippen molar-refractivity contribution >= 4 is 18.0 Å². The van der Waals surface area contributed by atoms with Crippen LogP contribution in [0.3, 0.4) is 0 Å². The second-order valence-corrected chi connectivity index (χ2v) is 3.55. The Morgan fingerprint density at radius 3 is 2.50 bits per heavy atom. The number of rotatable bonds is 6. The van der Waals surface area contributed by atoms with Gasteiger partial charge in [0.25, 0.3) is 11.8 Å². The summed E-state index contributed by atoms with van der Waals surface area (Å²) in [6.07, 6.45) is -2.17. The number of hydrogen-bond acceptors (Lipinski definition) is 7. The van der Waals surface area contributed by atoms with E-state index in [1.54, 1.807) is 6.92 Å². The number of hydrogen-bond donors (Lipinski definition) is 1. The molecule has 102 valence electrons. The van der Waals surface area contributed by atoms with Gasteiger partial charge in [-0.1, -0.05) is 5.06 Å². The summed E-state index contributed by atoms with van der Waals surface area (Å²) in [7, 11) is 0. The number of ether oxygens (including phenoxy) is 2. The summed E-state index contributed by atoms with van der Waals surface area (Å²) in [4.78, 5) is 37.7. The molecule has 2 amide bonds. The standard InChI is InChI=1S/C10H15NO7/c1-2-16-5-7(12)6-17-10(15)18-11-8(13)3-4-9(11)14/h7,12H,2-6H2,1H3. The molecule has 0 saturated carbocycles. The number of imide groups is 1. The van der Waals surface area contributed by atoms with Crippen molar-refractivity contribution in [3.05, 3.63) is 0 Å². The van der Waals surface area contributed by atoms with Crippen LogP contribution in [0.2, 0.25) is 0 Å². The molecule has 0 aromatic heterocycles. The lowest BCUT2D eigenvalue weighted by molar-refractivity contribution is -0.177. The van der Waals surface area contributed by atoms with E-state index < -0.39 is 24.1 Å². The van der Waals surface area contributed by atoms with Crippen LogP contribution in [0.25, 0.3) is 0 Å². The van der Waals surface area contributed by atoms with Gasteiger partial charge in [0.1, 0.15) is 12.7 Å². The number of carbonyl (C=O) groups excluding carboxylic acids is 3. The predicted octanol–water partition coefficient (Wildman–Crippen LogP) is -0.399. The van der Waals surface area contributed by atoms with Crippen molar-refractivity contribution in [1.29, 1.82) is 0 Å². The first-order valence-corrected chi connectivity index (χ1v) is 5.51. The van der Waals surface area contributed by atoms with Crippen molar-refractivity contribution in [3.8, 4) is 0 Å². The van der Waals surface area contributed by atoms with Crippen LogP contribution in [0.1, 0.15) is 19.8 Å². The van der Waals surface area contributed by atoms with Gasteiger partial charge in [0.15, 0.2) is 0 Å². The van der Waals surface area contributed by atoms with Gasteiger partial charge in [0.2, 0.25) is 0 Å². The number of aliphatic hydroxyl groups excluding tert-OH is 1. The predicted molar refractivity (Wildman–Crippen MR) is 56.0 cm³/mol. The Labute approximate surface area is 103 Å². The Morgan fingerprint density at radius 2 is 1.94 bits per heavy atom. The van der Waals surface area contributed by atoms with Gasteiger partial charge in [0.05, 0.1) is 6.61 Å². The molecule has 0 spiro atoms. The van der Waals surface area contributed by atoms with Crippen LogP contribution >= 0.6 is 0 Å². The highest BCUT2D eigenvalue weighted by Gasteiger charge is 2.33. The summed E-state index contributed by atoms with van der Waals surface area (Å²) < 4.78 is 9.42. The third-order valence-electron chi connectivity index (χ3n) is 2.08. The molecule has 1 unspecified atom stereocenters. The Morgan fingerprint density at radius 1 is 1.33 bits per heavy atom. The summed E-state index contributed by atoms with van der Waals surface area (Å²) >= 11 is 0. The van der Waals surface area contributed by atoms with Crippen molar-refractivity contribution in [2.45, 2.75) is 25.9 Å². The average Bonchev–Trinajstić information content (AvgIpc) is 2.65. The first-order chi connectivity index (χ1) is 8.54. The van der Waals surface area contributed by atoms with Crippen molar-refractivity contribution < 1.29 is 33.8 Å². The van der Waals surface area contributed by atoms with Crippen molar-refractivity contribution in [3.63, 3.8) is 0 Å². The summed E-state index contributed by atoms with van der Waals surface area (Å²) in [5.41, 5.74) is 0. The SMILES string of the molecule is CCOCC(O)COC(=O)ON1C(=O)CCC1=O. The van der Waals surface area contributed by atoms with Crippen molar-refractivity contribution in [2.24, 2.45) is 0 Å². The largest absolute Gasteiger partial charge is 0.534 e. The fourth-order valence-electron chi connectivity index (χ4n) is 1.22. The molecule has 1 heterocycles. The molecule has 0 aromatic rings. The molecule has 1 saturated heterocycles. The maximum atomic E-state index is 11.1. The second-order valence-electron chi connectivity index (χ2n) is 3.55. The number of nitrogens with zero attached hydrogens (tertiary/aromatic N) is 1. The molecule has 0 radical (unpaired) electrons. The Balaban J connectivity index is 2.25. The Bertz CT molecular complexity index is 314. The highest BCUT2D eigenvalue weighted by atomic mass is 16.8. The minimum Gasteiger partial charge on any atom is -0.430 e. The first kappa shape index (κ1) is 14.4. The Hall–Kier alpha value is -1.67. The molecule has 1 aliphatic rings. The van der Waals surface area contributed by atoms with Gasteiger partial charge in [-0.3, -0.25) is 14.4 Å². The van der Waals surface area contributed by atoms with Gasteiger partial charge in [-0.25, -0.2) is 4.79 Å². The van der Waals surface area contributed by atoms with E-state index in [2.05, 4.69) is 9.57 Å². The monoisotopic (exact) mass is 261 g/mol. The maximum absolute atomic E-state index is 11.1. The third kappa shape index (κ3) is 4.30. The van der Waals surface area contributed by atoms with Crippen LogP contribution in [0.15, 0.2) is 0 Å². The van der Waals surface area contributed by atoms with Gasteiger partial charge in [0, 0.05) is 19.4 Å². The van der Waals surface area contributed by atoms with E-state index in [4.69, 9.17) is 4.74 Å². The second kappa shape index (κ2) is 6.92. The molecule has 1 fully saturated rings. The fraction of sp³-hybridized carbons (Fsp3) is 0.700. The maximum Gasteiger partial charge on any atom is 0.534 e. The molecule has 1 aliphatic heterocycles. The van der Waals surface area contributed by atoms with Crippen LogP contribution < -0.4 is 0 Å². The number of amides is 2. The molecule has 0 aliphatic carbocycles. The first-order valence-electron chi connectivity index (χ1n) is 5.51. The highest BCUT2D eigenvalue weighted by Crippen LogP contribution is 2.12. The normalized spacial score (nSPS) is 16.9. The van der Waals surface area contributed by atoms with E-state index in [1.807, 2.05) is 0 Å². The van der Waals surface area contributed by atoms with Gasteiger partial charge in [-0.15, -0.1) is 0 Å². The summed E-state index contributed by atoms with van der Waals surface area (Å²) in [6.45, 7) is 1.87. The van der Waals surface area contributed by atoms with Crippen LogP contribution in [0.5, 0.6) is 0 Å². The van der Waals surface area contributed by atoms with Crippen molar-refractivity contribution in [1.82, 2.24) is 5.06 Å². The lowest BCUT2D eigenvalue weighted by Crippen LogP contribution is -2.33. The van der Waals surface area contributed by atoms with E-state index >= 15 is 0 Å². The van der Waals surface area contributed by atoms with E-state index in [0.717, 1.165) is 0 Å². The molecular weight excluding hydrogens is 246 g/mol. The number of hydroxylamine groups is 2. The van der Waals surface area contributed by atoms with Crippen molar-refractivity contribution in [2.75, 3.05) is 19.8 Å².